The fourth-order valence-corrected chi connectivity index (χ4v) is 1.72. The number of carbonyl (C=O) groups is 1. The van der Waals surface area contributed by atoms with Crippen LogP contribution in [0.5, 0.6) is 0 Å². The summed E-state index contributed by atoms with van der Waals surface area (Å²) < 4.78 is 1.34. The summed E-state index contributed by atoms with van der Waals surface area (Å²) in [5, 5.41) is 18.1. The minimum atomic E-state index is -0.558. The number of rotatable bonds is 3. The third kappa shape index (κ3) is 2.07. The van der Waals surface area contributed by atoms with Gasteiger partial charge in [-0.2, -0.15) is 0 Å². The molecule has 8 heteroatoms. The molecule has 0 aliphatic heterocycles. The standard InChI is InChI=1S/C10H7ClN4O3/c1-6-2-10(15(17)18)8(11)3-9(6)14-4-7(5-16)12-13-14/h2-5H,1H3. The van der Waals surface area contributed by atoms with Crippen molar-refractivity contribution in [2.24, 2.45) is 0 Å². The summed E-state index contributed by atoms with van der Waals surface area (Å²) in [5.74, 6) is 0. The molecule has 1 aromatic heterocycles. The van der Waals surface area contributed by atoms with Gasteiger partial charge in [-0.15, -0.1) is 5.10 Å². The normalized spacial score (nSPS) is 10.3. The molecule has 0 aliphatic carbocycles. The van der Waals surface area contributed by atoms with Crippen LogP contribution < -0.4 is 0 Å². The number of nitro groups is 1. The second-order valence-corrected chi connectivity index (χ2v) is 3.96. The molecule has 0 saturated carbocycles. The largest absolute Gasteiger partial charge is 0.296 e. The van der Waals surface area contributed by atoms with E-state index in [4.69, 9.17) is 11.6 Å². The van der Waals surface area contributed by atoms with E-state index < -0.39 is 4.92 Å². The molecule has 0 unspecified atom stereocenters. The molecule has 0 saturated heterocycles. The molecule has 0 amide bonds. The molecular weight excluding hydrogens is 260 g/mol. The number of carbonyl (C=O) groups excluding carboxylic acids is 1. The molecule has 2 aromatic rings. The van der Waals surface area contributed by atoms with Crippen molar-refractivity contribution in [3.63, 3.8) is 0 Å². The summed E-state index contributed by atoms with van der Waals surface area (Å²) in [4.78, 5) is 20.7. The predicted octanol–water partition coefficient (Wildman–Crippen LogP) is 1.95. The Morgan fingerprint density at radius 2 is 2.22 bits per heavy atom. The Labute approximate surface area is 106 Å². The van der Waals surface area contributed by atoms with Crippen LogP contribution in [-0.4, -0.2) is 26.2 Å². The number of hydrogen-bond acceptors (Lipinski definition) is 5. The van der Waals surface area contributed by atoms with E-state index in [0.717, 1.165) is 0 Å². The van der Waals surface area contributed by atoms with Crippen LogP contribution in [0.25, 0.3) is 5.69 Å². The number of nitro benzene ring substituents is 1. The Morgan fingerprint density at radius 1 is 1.50 bits per heavy atom. The van der Waals surface area contributed by atoms with Crippen molar-refractivity contribution in [2.45, 2.75) is 6.92 Å². The lowest BCUT2D eigenvalue weighted by molar-refractivity contribution is -0.384. The van der Waals surface area contributed by atoms with Crippen molar-refractivity contribution >= 4 is 23.6 Å². The lowest BCUT2D eigenvalue weighted by atomic mass is 10.2. The predicted molar refractivity (Wildman–Crippen MR) is 63.1 cm³/mol. The van der Waals surface area contributed by atoms with Gasteiger partial charge in [0, 0.05) is 6.07 Å². The van der Waals surface area contributed by atoms with Gasteiger partial charge < -0.3 is 0 Å². The molecule has 92 valence electrons. The third-order valence-corrected chi connectivity index (χ3v) is 2.64. The van der Waals surface area contributed by atoms with Crippen LogP contribution in [-0.2, 0) is 0 Å². The number of aldehydes is 1. The summed E-state index contributed by atoms with van der Waals surface area (Å²) in [7, 11) is 0. The van der Waals surface area contributed by atoms with Crippen LogP contribution in [0.4, 0.5) is 5.69 Å². The number of hydrogen-bond donors (Lipinski definition) is 0. The fraction of sp³-hybridized carbons (Fsp3) is 0.100. The first-order valence-corrected chi connectivity index (χ1v) is 5.23. The first-order chi connectivity index (χ1) is 8.52. The van der Waals surface area contributed by atoms with Gasteiger partial charge in [0.05, 0.1) is 16.8 Å². The van der Waals surface area contributed by atoms with Crippen molar-refractivity contribution in [2.75, 3.05) is 0 Å². The number of aromatic nitrogens is 3. The van der Waals surface area contributed by atoms with Gasteiger partial charge in [0.15, 0.2) is 6.29 Å². The SMILES string of the molecule is Cc1cc([N+](=O)[O-])c(Cl)cc1-n1cc(C=O)nn1. The molecule has 0 bridgehead atoms. The van der Waals surface area contributed by atoms with Gasteiger partial charge in [-0.05, 0) is 18.6 Å². The molecule has 0 atom stereocenters. The van der Waals surface area contributed by atoms with E-state index in [9.17, 15) is 14.9 Å². The summed E-state index contributed by atoms with van der Waals surface area (Å²) in [6, 6.07) is 2.76. The number of nitrogens with zero attached hydrogens (tertiary/aromatic N) is 4. The van der Waals surface area contributed by atoms with Crippen molar-refractivity contribution in [3.8, 4) is 5.69 Å². The maximum absolute atomic E-state index is 10.7. The third-order valence-electron chi connectivity index (χ3n) is 2.34. The topological polar surface area (TPSA) is 90.9 Å². The van der Waals surface area contributed by atoms with Crippen molar-refractivity contribution in [1.29, 1.82) is 0 Å². The molecule has 0 fully saturated rings. The monoisotopic (exact) mass is 266 g/mol. The number of benzene rings is 1. The molecule has 2 rings (SSSR count). The van der Waals surface area contributed by atoms with Crippen LogP contribution in [0, 0.1) is 17.0 Å². The van der Waals surface area contributed by atoms with Gasteiger partial charge in [-0.3, -0.25) is 14.9 Å². The van der Waals surface area contributed by atoms with Crippen molar-refractivity contribution in [3.05, 3.63) is 44.7 Å². The van der Waals surface area contributed by atoms with E-state index in [1.54, 1.807) is 6.92 Å². The Morgan fingerprint density at radius 3 is 2.78 bits per heavy atom. The average Bonchev–Trinajstić information content (AvgIpc) is 2.79. The smallest absolute Gasteiger partial charge is 0.288 e. The molecular formula is C10H7ClN4O3. The molecule has 0 aliphatic rings. The first-order valence-electron chi connectivity index (χ1n) is 4.85. The maximum Gasteiger partial charge on any atom is 0.288 e. The molecule has 18 heavy (non-hydrogen) atoms. The van der Waals surface area contributed by atoms with Gasteiger partial charge in [-0.25, -0.2) is 4.68 Å². The molecule has 1 heterocycles. The van der Waals surface area contributed by atoms with Crippen molar-refractivity contribution < 1.29 is 9.72 Å². The van der Waals surface area contributed by atoms with E-state index >= 15 is 0 Å². The quantitative estimate of drug-likeness (QED) is 0.481. The highest BCUT2D eigenvalue weighted by atomic mass is 35.5. The van der Waals surface area contributed by atoms with Crippen LogP contribution in [0.2, 0.25) is 5.02 Å². The highest BCUT2D eigenvalue weighted by Crippen LogP contribution is 2.29. The number of halogens is 1. The second-order valence-electron chi connectivity index (χ2n) is 3.55. The lowest BCUT2D eigenvalue weighted by Gasteiger charge is -2.05. The summed E-state index contributed by atoms with van der Waals surface area (Å²) in [6.45, 7) is 1.68. The highest BCUT2D eigenvalue weighted by Gasteiger charge is 2.16. The van der Waals surface area contributed by atoms with E-state index in [2.05, 4.69) is 10.3 Å². The second kappa shape index (κ2) is 4.53. The minimum absolute atomic E-state index is 0.00348. The van der Waals surface area contributed by atoms with Gasteiger partial charge in [-0.1, -0.05) is 16.8 Å². The summed E-state index contributed by atoms with van der Waals surface area (Å²) >= 11 is 5.81. The molecule has 1 aromatic carbocycles. The van der Waals surface area contributed by atoms with Gasteiger partial charge in [0.2, 0.25) is 0 Å². The van der Waals surface area contributed by atoms with Crippen LogP contribution >= 0.6 is 11.6 Å². The molecule has 0 spiro atoms. The summed E-state index contributed by atoms with van der Waals surface area (Å²) in [5.41, 5.74) is 1.14. The van der Waals surface area contributed by atoms with Crippen molar-refractivity contribution in [1.82, 2.24) is 15.0 Å². The molecule has 0 radical (unpaired) electrons. The van der Waals surface area contributed by atoms with Gasteiger partial charge in [0.1, 0.15) is 10.7 Å². The minimum Gasteiger partial charge on any atom is -0.296 e. The van der Waals surface area contributed by atoms with E-state index in [0.29, 0.717) is 17.5 Å². The van der Waals surface area contributed by atoms with Crippen LogP contribution in [0.15, 0.2) is 18.3 Å². The highest BCUT2D eigenvalue weighted by molar-refractivity contribution is 6.32. The molecule has 7 nitrogen and oxygen atoms in total. The van der Waals surface area contributed by atoms with E-state index in [1.807, 2.05) is 0 Å². The molecule has 0 N–H and O–H groups in total. The zero-order chi connectivity index (χ0) is 13.3. The summed E-state index contributed by atoms with van der Waals surface area (Å²) in [6.07, 6.45) is 1.98. The van der Waals surface area contributed by atoms with Gasteiger partial charge >= 0.3 is 0 Å². The van der Waals surface area contributed by atoms with Crippen LogP contribution in [0.1, 0.15) is 16.1 Å². The Hall–Kier alpha value is -2.28. The Bertz CT molecular complexity index is 638. The Balaban J connectivity index is 2.55. The van der Waals surface area contributed by atoms with Gasteiger partial charge in [0.25, 0.3) is 5.69 Å². The lowest BCUT2D eigenvalue weighted by Crippen LogP contribution is -2.00. The van der Waals surface area contributed by atoms with E-state index in [1.165, 1.54) is 23.0 Å². The van der Waals surface area contributed by atoms with E-state index in [-0.39, 0.29) is 16.4 Å². The zero-order valence-corrected chi connectivity index (χ0v) is 9.96. The fourth-order valence-electron chi connectivity index (χ4n) is 1.49. The number of aryl methyl sites for hydroxylation is 1. The first kappa shape index (κ1) is 12.2. The maximum atomic E-state index is 10.7. The average molecular weight is 267 g/mol. The zero-order valence-electron chi connectivity index (χ0n) is 9.20. The van der Waals surface area contributed by atoms with Crippen LogP contribution in [0.3, 0.4) is 0 Å². The Kier molecular flexibility index (Phi) is 3.07.